The molecule has 3 N–H and O–H groups in total. The van der Waals surface area contributed by atoms with Crippen LogP contribution in [0.25, 0.3) is 0 Å². The average molecular weight is 489 g/mol. The molecule has 2 aliphatic heterocycles. The highest BCUT2D eigenvalue weighted by Crippen LogP contribution is 2.34. The monoisotopic (exact) mass is 488 g/mol. The molecular formula is C22H21ClN4O3S2. The predicted octanol–water partition coefficient (Wildman–Crippen LogP) is 4.47. The summed E-state index contributed by atoms with van der Waals surface area (Å²) in [4.78, 5) is 13.2. The third-order valence-electron chi connectivity index (χ3n) is 4.99. The Morgan fingerprint density at radius 1 is 1.16 bits per heavy atom. The fourth-order valence-corrected chi connectivity index (χ4v) is 5.49. The lowest BCUT2D eigenvalue weighted by Crippen LogP contribution is -2.41. The maximum absolute atomic E-state index is 13.2. The first-order chi connectivity index (χ1) is 15.2. The lowest BCUT2D eigenvalue weighted by Gasteiger charge is -2.27. The van der Waals surface area contributed by atoms with Crippen LogP contribution >= 0.6 is 23.7 Å². The molecule has 166 valence electrons. The van der Waals surface area contributed by atoms with Gasteiger partial charge in [0.2, 0.25) is 0 Å². The summed E-state index contributed by atoms with van der Waals surface area (Å²) in [5, 5.41) is 3.28. The van der Waals surface area contributed by atoms with Crippen molar-refractivity contribution in [2.24, 2.45) is 0 Å². The van der Waals surface area contributed by atoms with E-state index in [1.165, 1.54) is 30.3 Å². The van der Waals surface area contributed by atoms with Gasteiger partial charge in [0, 0.05) is 17.4 Å². The summed E-state index contributed by atoms with van der Waals surface area (Å²) in [6.45, 7) is 3.76. The smallest absolute Gasteiger partial charge is 0.264 e. The lowest BCUT2D eigenvalue weighted by atomic mass is 9.94. The number of halogens is 1. The van der Waals surface area contributed by atoms with E-state index in [0.717, 1.165) is 5.56 Å². The number of sulfonamides is 1. The quantitative estimate of drug-likeness (QED) is 0.520. The molecule has 0 aliphatic carbocycles. The van der Waals surface area contributed by atoms with Gasteiger partial charge in [-0.3, -0.25) is 13.8 Å². The van der Waals surface area contributed by atoms with Gasteiger partial charge in [-0.1, -0.05) is 41.9 Å². The van der Waals surface area contributed by atoms with Crippen molar-refractivity contribution in [1.29, 1.82) is 0 Å². The predicted molar refractivity (Wildman–Crippen MR) is 129 cm³/mol. The Labute approximate surface area is 196 Å². The number of rotatable bonds is 6. The number of fused-ring (bicyclic) bond motifs is 1. The Morgan fingerprint density at radius 3 is 2.66 bits per heavy atom. The largest absolute Gasteiger partial charge is 0.343 e. The zero-order valence-corrected chi connectivity index (χ0v) is 19.7. The average Bonchev–Trinajstić information content (AvgIpc) is 3.22. The van der Waals surface area contributed by atoms with Gasteiger partial charge in [-0.2, -0.15) is 0 Å². The number of amides is 1. The fourth-order valence-electron chi connectivity index (χ4n) is 3.34. The molecule has 0 bridgehead atoms. The number of hydrogen-bond acceptors (Lipinski definition) is 6. The van der Waals surface area contributed by atoms with Gasteiger partial charge in [0.15, 0.2) is 0 Å². The second-order valence-corrected chi connectivity index (χ2v) is 10.6. The van der Waals surface area contributed by atoms with Gasteiger partial charge in [0.25, 0.3) is 15.9 Å². The maximum Gasteiger partial charge on any atom is 0.264 e. The van der Waals surface area contributed by atoms with E-state index in [2.05, 4.69) is 14.8 Å². The normalized spacial score (nSPS) is 15.4. The SMILES string of the molecule is CC(C)(NC(=O)c1ccc(Cl)cc1NS(=O)(=O)C1=CC=CN2SNC=C12)c1ccccc1. The van der Waals surface area contributed by atoms with Gasteiger partial charge in [-0.15, -0.1) is 0 Å². The van der Waals surface area contributed by atoms with Crippen LogP contribution in [-0.4, -0.2) is 18.6 Å². The number of carbonyl (C=O) groups excluding carboxylic acids is 1. The summed E-state index contributed by atoms with van der Waals surface area (Å²) in [5.41, 5.74) is 0.993. The highest BCUT2D eigenvalue weighted by Gasteiger charge is 2.31. The summed E-state index contributed by atoms with van der Waals surface area (Å²) >= 11 is 7.38. The van der Waals surface area contributed by atoms with Crippen LogP contribution < -0.4 is 14.8 Å². The van der Waals surface area contributed by atoms with Crippen molar-refractivity contribution in [2.45, 2.75) is 19.4 Å². The molecule has 10 heteroatoms. The van der Waals surface area contributed by atoms with Crippen molar-refractivity contribution in [3.8, 4) is 0 Å². The van der Waals surface area contributed by atoms with Crippen LogP contribution in [0, 0.1) is 0 Å². The number of carbonyl (C=O) groups is 1. The first-order valence-electron chi connectivity index (χ1n) is 9.68. The molecule has 0 radical (unpaired) electrons. The summed E-state index contributed by atoms with van der Waals surface area (Å²) in [7, 11) is -4.00. The van der Waals surface area contributed by atoms with E-state index in [-0.39, 0.29) is 16.2 Å². The van der Waals surface area contributed by atoms with Gasteiger partial charge >= 0.3 is 0 Å². The van der Waals surface area contributed by atoms with Gasteiger partial charge in [-0.05, 0) is 49.8 Å². The first kappa shape index (κ1) is 22.3. The van der Waals surface area contributed by atoms with E-state index in [4.69, 9.17) is 11.6 Å². The molecule has 0 fully saturated rings. The number of nitrogens with one attached hydrogen (secondary N) is 3. The van der Waals surface area contributed by atoms with Crippen LogP contribution in [-0.2, 0) is 15.6 Å². The second-order valence-electron chi connectivity index (χ2n) is 7.68. The van der Waals surface area contributed by atoms with Gasteiger partial charge in [-0.25, -0.2) is 8.42 Å². The van der Waals surface area contributed by atoms with Crippen LogP contribution in [0.5, 0.6) is 0 Å². The molecule has 0 aromatic heterocycles. The van der Waals surface area contributed by atoms with Crippen LogP contribution in [0.3, 0.4) is 0 Å². The Bertz CT molecular complexity index is 1260. The molecule has 0 unspecified atom stereocenters. The van der Waals surface area contributed by atoms with Crippen LogP contribution in [0.15, 0.2) is 83.7 Å². The van der Waals surface area contributed by atoms with E-state index < -0.39 is 21.5 Å². The fraction of sp³-hybridized carbons (Fsp3) is 0.136. The minimum Gasteiger partial charge on any atom is -0.343 e. The van der Waals surface area contributed by atoms with Crippen LogP contribution in [0.2, 0.25) is 5.02 Å². The van der Waals surface area contributed by atoms with Crippen molar-refractivity contribution >= 4 is 45.4 Å². The molecule has 1 amide bonds. The van der Waals surface area contributed by atoms with E-state index in [1.54, 1.807) is 28.8 Å². The van der Waals surface area contributed by atoms with Gasteiger partial charge < -0.3 is 10.0 Å². The third-order valence-corrected chi connectivity index (χ3v) is 7.37. The zero-order chi connectivity index (χ0) is 22.9. The Balaban J connectivity index is 1.63. The van der Waals surface area contributed by atoms with Gasteiger partial charge in [0.1, 0.15) is 4.91 Å². The number of nitrogens with zero attached hydrogens (tertiary/aromatic N) is 1. The number of allylic oxidation sites excluding steroid dienone is 2. The number of hydrogen-bond donors (Lipinski definition) is 3. The summed E-state index contributed by atoms with van der Waals surface area (Å²) < 4.78 is 33.6. The third kappa shape index (κ3) is 4.50. The molecule has 0 saturated carbocycles. The molecule has 32 heavy (non-hydrogen) atoms. The van der Waals surface area contributed by atoms with Crippen LogP contribution in [0.4, 0.5) is 5.69 Å². The topological polar surface area (TPSA) is 90.5 Å². The molecule has 4 rings (SSSR count). The highest BCUT2D eigenvalue weighted by atomic mass is 35.5. The van der Waals surface area contributed by atoms with Crippen molar-refractivity contribution in [1.82, 2.24) is 14.3 Å². The molecule has 2 heterocycles. The van der Waals surface area contributed by atoms with E-state index in [9.17, 15) is 13.2 Å². The first-order valence-corrected chi connectivity index (χ1v) is 12.3. The maximum atomic E-state index is 13.2. The molecule has 7 nitrogen and oxygen atoms in total. The molecule has 2 aromatic rings. The van der Waals surface area contributed by atoms with Gasteiger partial charge in [0.05, 0.1) is 34.6 Å². The zero-order valence-electron chi connectivity index (χ0n) is 17.3. The standard InChI is InChI=1S/C22H21ClN4O3S2/c1-22(2,15-7-4-3-5-8-15)25-21(28)17-11-10-16(23)13-18(17)26-32(29,30)20-9-6-12-27-19(20)14-24-31-27/h3-14,24,26H,1-2H3,(H,25,28). The molecular weight excluding hydrogens is 468 g/mol. The minimum atomic E-state index is -4.00. The van der Waals surface area contributed by atoms with E-state index in [0.29, 0.717) is 10.7 Å². The van der Waals surface area contributed by atoms with Crippen molar-refractivity contribution in [2.75, 3.05) is 4.72 Å². The molecule has 2 aromatic carbocycles. The Kier molecular flexibility index (Phi) is 5.98. The van der Waals surface area contributed by atoms with Crippen LogP contribution in [0.1, 0.15) is 29.8 Å². The molecule has 0 saturated heterocycles. The Hall–Kier alpha value is -2.88. The van der Waals surface area contributed by atoms with E-state index >= 15 is 0 Å². The number of anilines is 1. The molecule has 2 aliphatic rings. The second kappa shape index (κ2) is 8.57. The number of benzene rings is 2. The minimum absolute atomic E-state index is 0.0773. The Morgan fingerprint density at radius 2 is 1.91 bits per heavy atom. The molecule has 0 spiro atoms. The summed E-state index contributed by atoms with van der Waals surface area (Å²) in [6.07, 6.45) is 6.49. The summed E-state index contributed by atoms with van der Waals surface area (Å²) in [6, 6.07) is 14.0. The lowest BCUT2D eigenvalue weighted by molar-refractivity contribution is 0.0913. The van der Waals surface area contributed by atoms with Crippen molar-refractivity contribution in [3.05, 3.63) is 99.8 Å². The van der Waals surface area contributed by atoms with Crippen molar-refractivity contribution < 1.29 is 13.2 Å². The molecule has 0 atom stereocenters. The van der Waals surface area contributed by atoms with E-state index in [1.807, 2.05) is 44.2 Å². The highest BCUT2D eigenvalue weighted by molar-refractivity contribution is 7.97. The summed E-state index contributed by atoms with van der Waals surface area (Å²) in [5.74, 6) is -0.426. The van der Waals surface area contributed by atoms with Crippen molar-refractivity contribution in [3.63, 3.8) is 0 Å².